The highest BCUT2D eigenvalue weighted by atomic mass is 16.3. The highest BCUT2D eigenvalue weighted by Crippen LogP contribution is 2.20. The molecule has 0 atom stereocenters. The van der Waals surface area contributed by atoms with Crippen LogP contribution in [0, 0.1) is 6.92 Å². The Hall–Kier alpha value is -2.42. The van der Waals surface area contributed by atoms with Crippen LogP contribution in [-0.2, 0) is 0 Å². The minimum absolute atomic E-state index is 0.132. The van der Waals surface area contributed by atoms with Gasteiger partial charge in [0.05, 0.1) is 5.56 Å². The normalized spacial score (nSPS) is 10.7. The Balaban J connectivity index is 2.17. The van der Waals surface area contributed by atoms with Gasteiger partial charge in [-0.25, -0.2) is 0 Å². The van der Waals surface area contributed by atoms with Crippen LogP contribution >= 0.6 is 0 Å². The van der Waals surface area contributed by atoms with Gasteiger partial charge in [0, 0.05) is 17.8 Å². The number of aromatic nitrogens is 1. The number of ketones is 1. The van der Waals surface area contributed by atoms with Crippen LogP contribution in [-0.4, -0.2) is 10.8 Å². The molecule has 0 amide bonds. The Morgan fingerprint density at radius 3 is 2.72 bits per heavy atom. The predicted octanol–water partition coefficient (Wildman–Crippen LogP) is 3.37. The minimum atomic E-state index is -0.132. The number of carbonyl (C=O) groups excluding carboxylic acids is 1. The summed E-state index contributed by atoms with van der Waals surface area (Å²) in [6.45, 7) is 1.82. The van der Waals surface area contributed by atoms with E-state index < -0.39 is 0 Å². The van der Waals surface area contributed by atoms with Crippen molar-refractivity contribution in [3.63, 3.8) is 0 Å². The lowest BCUT2D eigenvalue weighted by Gasteiger charge is -2.02. The fraction of sp³-hybridized carbons (Fsp3) is 0.0667. The molecule has 0 radical (unpaired) electrons. The zero-order valence-electron chi connectivity index (χ0n) is 9.88. The van der Waals surface area contributed by atoms with Gasteiger partial charge in [0.1, 0.15) is 5.76 Å². The maximum atomic E-state index is 12.3. The quantitative estimate of drug-likeness (QED) is 0.642. The van der Waals surface area contributed by atoms with E-state index in [0.717, 1.165) is 16.5 Å². The summed E-state index contributed by atoms with van der Waals surface area (Å²) in [7, 11) is 0. The van der Waals surface area contributed by atoms with E-state index in [9.17, 15) is 4.79 Å². The summed E-state index contributed by atoms with van der Waals surface area (Å²) in [5.74, 6) is 0.949. The average molecular weight is 237 g/mol. The molecule has 0 fully saturated rings. The molecule has 3 nitrogen and oxygen atoms in total. The molecule has 0 bridgehead atoms. The van der Waals surface area contributed by atoms with Gasteiger partial charge in [0.25, 0.3) is 0 Å². The Labute approximate surface area is 104 Å². The maximum absolute atomic E-state index is 12.3. The maximum Gasteiger partial charge on any atom is 0.230 e. The molecule has 88 valence electrons. The number of nitrogens with zero attached hydrogens (tertiary/aromatic N) is 1. The first kappa shape index (κ1) is 10.7. The second kappa shape index (κ2) is 4.11. The van der Waals surface area contributed by atoms with Gasteiger partial charge in [0.2, 0.25) is 5.78 Å². The molecular weight excluding hydrogens is 226 g/mol. The monoisotopic (exact) mass is 237 g/mol. The molecule has 3 rings (SSSR count). The molecule has 18 heavy (non-hydrogen) atoms. The van der Waals surface area contributed by atoms with Gasteiger partial charge in [-0.2, -0.15) is 0 Å². The lowest BCUT2D eigenvalue weighted by Crippen LogP contribution is -2.01. The second-order valence-corrected chi connectivity index (χ2v) is 4.15. The number of furan rings is 1. The lowest BCUT2D eigenvalue weighted by molar-refractivity contribution is 0.101. The summed E-state index contributed by atoms with van der Waals surface area (Å²) < 4.78 is 5.37. The number of pyridine rings is 1. The van der Waals surface area contributed by atoms with Crippen molar-refractivity contribution in [3.05, 3.63) is 65.9 Å². The third-order valence-electron chi connectivity index (χ3n) is 2.88. The number of hydrogen-bond acceptors (Lipinski definition) is 3. The summed E-state index contributed by atoms with van der Waals surface area (Å²) in [6, 6.07) is 11.2. The molecule has 0 N–H and O–H groups in total. The van der Waals surface area contributed by atoms with Crippen molar-refractivity contribution < 1.29 is 9.21 Å². The number of rotatable bonds is 2. The molecule has 3 aromatic rings. The molecule has 0 saturated carbocycles. The van der Waals surface area contributed by atoms with Crippen LogP contribution in [0.5, 0.6) is 0 Å². The number of hydrogen-bond donors (Lipinski definition) is 0. The topological polar surface area (TPSA) is 43.1 Å². The van der Waals surface area contributed by atoms with Crippen LogP contribution in [0.25, 0.3) is 10.8 Å². The zero-order valence-corrected chi connectivity index (χ0v) is 9.88. The summed E-state index contributed by atoms with van der Waals surface area (Å²) in [5.41, 5.74) is 0.572. The van der Waals surface area contributed by atoms with E-state index in [0.29, 0.717) is 11.3 Å². The predicted molar refractivity (Wildman–Crippen MR) is 68.6 cm³/mol. The largest absolute Gasteiger partial charge is 0.458 e. The van der Waals surface area contributed by atoms with Crippen molar-refractivity contribution in [1.29, 1.82) is 0 Å². The van der Waals surface area contributed by atoms with Gasteiger partial charge in [0.15, 0.2) is 5.76 Å². The molecule has 2 aromatic heterocycles. The molecule has 0 aliphatic carbocycles. The first-order valence-electron chi connectivity index (χ1n) is 5.69. The van der Waals surface area contributed by atoms with Crippen molar-refractivity contribution in [1.82, 2.24) is 4.98 Å². The number of carbonyl (C=O) groups is 1. The van der Waals surface area contributed by atoms with Gasteiger partial charge in [-0.3, -0.25) is 9.78 Å². The fourth-order valence-electron chi connectivity index (χ4n) is 1.99. The van der Waals surface area contributed by atoms with Gasteiger partial charge < -0.3 is 4.42 Å². The van der Waals surface area contributed by atoms with Crippen molar-refractivity contribution in [2.75, 3.05) is 0 Å². The molecule has 0 saturated heterocycles. The minimum Gasteiger partial charge on any atom is -0.458 e. The van der Waals surface area contributed by atoms with Crippen LogP contribution in [0.4, 0.5) is 0 Å². The highest BCUT2D eigenvalue weighted by molar-refractivity contribution is 6.14. The third-order valence-corrected chi connectivity index (χ3v) is 2.88. The Morgan fingerprint density at radius 1 is 1.11 bits per heavy atom. The van der Waals surface area contributed by atoms with E-state index >= 15 is 0 Å². The van der Waals surface area contributed by atoms with Crippen molar-refractivity contribution in [2.24, 2.45) is 0 Å². The second-order valence-electron chi connectivity index (χ2n) is 4.15. The van der Waals surface area contributed by atoms with Crippen LogP contribution in [0.15, 0.2) is 53.2 Å². The fourth-order valence-corrected chi connectivity index (χ4v) is 1.99. The van der Waals surface area contributed by atoms with Crippen molar-refractivity contribution in [2.45, 2.75) is 6.92 Å². The molecule has 0 aliphatic heterocycles. The Kier molecular flexibility index (Phi) is 2.45. The third kappa shape index (κ3) is 1.70. The van der Waals surface area contributed by atoms with E-state index in [1.165, 1.54) is 0 Å². The van der Waals surface area contributed by atoms with E-state index in [2.05, 4.69) is 4.98 Å². The number of aryl methyl sites for hydroxylation is 1. The molecule has 0 spiro atoms. The number of fused-ring (bicyclic) bond motifs is 1. The first-order chi connectivity index (χ1) is 8.75. The van der Waals surface area contributed by atoms with Gasteiger partial charge in [-0.15, -0.1) is 0 Å². The van der Waals surface area contributed by atoms with Gasteiger partial charge in [-0.05, 0) is 24.4 Å². The Morgan fingerprint density at radius 2 is 1.94 bits per heavy atom. The smallest absolute Gasteiger partial charge is 0.230 e. The molecule has 3 heteroatoms. The van der Waals surface area contributed by atoms with Crippen LogP contribution < -0.4 is 0 Å². The van der Waals surface area contributed by atoms with Crippen molar-refractivity contribution in [3.8, 4) is 0 Å². The highest BCUT2D eigenvalue weighted by Gasteiger charge is 2.15. The summed E-state index contributed by atoms with van der Waals surface area (Å²) in [5, 5.41) is 1.85. The van der Waals surface area contributed by atoms with Crippen molar-refractivity contribution >= 4 is 16.6 Å². The summed E-state index contributed by atoms with van der Waals surface area (Å²) in [6.07, 6.45) is 3.34. The molecular formula is C15H11NO2. The van der Waals surface area contributed by atoms with Gasteiger partial charge in [-0.1, -0.05) is 24.3 Å². The lowest BCUT2D eigenvalue weighted by atomic mass is 10.0. The zero-order chi connectivity index (χ0) is 12.5. The van der Waals surface area contributed by atoms with E-state index in [-0.39, 0.29) is 5.78 Å². The van der Waals surface area contributed by atoms with Crippen LogP contribution in [0.3, 0.4) is 0 Å². The van der Waals surface area contributed by atoms with Crippen LogP contribution in [0.2, 0.25) is 0 Å². The molecule has 0 unspecified atom stereocenters. The standard InChI is InChI=1S/C15H11NO2/c1-10-6-7-14(18-10)15(17)13-9-16-8-11-4-2-3-5-12(11)13/h2-9H,1H3. The van der Waals surface area contributed by atoms with Crippen LogP contribution in [0.1, 0.15) is 21.9 Å². The number of benzene rings is 1. The molecule has 2 heterocycles. The Bertz CT molecular complexity index is 723. The summed E-state index contributed by atoms with van der Waals surface area (Å²) in [4.78, 5) is 16.4. The molecule has 0 aliphatic rings. The van der Waals surface area contributed by atoms with E-state index in [1.807, 2.05) is 31.2 Å². The molecule has 1 aromatic carbocycles. The summed E-state index contributed by atoms with van der Waals surface area (Å²) >= 11 is 0. The first-order valence-corrected chi connectivity index (χ1v) is 5.69. The van der Waals surface area contributed by atoms with E-state index in [4.69, 9.17) is 4.42 Å². The van der Waals surface area contributed by atoms with Gasteiger partial charge >= 0.3 is 0 Å². The average Bonchev–Trinajstić information content (AvgIpc) is 2.84. The SMILES string of the molecule is Cc1ccc(C(=O)c2cncc3ccccc23)o1. The van der Waals surface area contributed by atoms with E-state index in [1.54, 1.807) is 24.5 Å².